The zero-order chi connectivity index (χ0) is 9.80. The van der Waals surface area contributed by atoms with Gasteiger partial charge in [0, 0.05) is 6.54 Å². The molecule has 1 aromatic heterocycles. The van der Waals surface area contributed by atoms with Crippen LogP contribution in [0.3, 0.4) is 0 Å². The van der Waals surface area contributed by atoms with Gasteiger partial charge in [0.1, 0.15) is 5.82 Å². The van der Waals surface area contributed by atoms with Crippen LogP contribution in [0.1, 0.15) is 19.3 Å². The second-order valence-electron chi connectivity index (χ2n) is 3.88. The van der Waals surface area contributed by atoms with Gasteiger partial charge in [-0.2, -0.15) is 5.10 Å². The first-order valence-electron chi connectivity index (χ1n) is 5.36. The van der Waals surface area contributed by atoms with Crippen LogP contribution in [0.2, 0.25) is 0 Å². The summed E-state index contributed by atoms with van der Waals surface area (Å²) in [6.45, 7) is 4.66. The number of nitrogen functional groups attached to an aromatic ring is 1. The average Bonchev–Trinajstić information content (AvgIpc) is 2.78. The highest BCUT2D eigenvalue weighted by molar-refractivity contribution is 5.25. The third-order valence-electron chi connectivity index (χ3n) is 2.79. The van der Waals surface area contributed by atoms with Crippen molar-refractivity contribution >= 4 is 5.82 Å². The van der Waals surface area contributed by atoms with E-state index in [0.29, 0.717) is 0 Å². The van der Waals surface area contributed by atoms with Gasteiger partial charge in [-0.25, -0.2) is 0 Å². The highest BCUT2D eigenvalue weighted by atomic mass is 15.3. The van der Waals surface area contributed by atoms with Crippen LogP contribution in [0.4, 0.5) is 5.82 Å². The van der Waals surface area contributed by atoms with Crippen molar-refractivity contribution in [3.05, 3.63) is 12.3 Å². The summed E-state index contributed by atoms with van der Waals surface area (Å²) in [7, 11) is 0. The van der Waals surface area contributed by atoms with E-state index >= 15 is 0 Å². The topological polar surface area (TPSA) is 47.1 Å². The number of hydrogen-bond donors (Lipinski definition) is 1. The second kappa shape index (κ2) is 4.46. The van der Waals surface area contributed by atoms with Gasteiger partial charge >= 0.3 is 0 Å². The first-order valence-corrected chi connectivity index (χ1v) is 5.36. The molecule has 2 rings (SSSR count). The van der Waals surface area contributed by atoms with E-state index in [1.807, 2.05) is 10.7 Å². The minimum Gasteiger partial charge on any atom is -0.384 e. The van der Waals surface area contributed by atoms with Gasteiger partial charge in [0.05, 0.1) is 6.20 Å². The summed E-state index contributed by atoms with van der Waals surface area (Å²) in [5, 5.41) is 4.15. The van der Waals surface area contributed by atoms with Gasteiger partial charge in [-0.15, -0.1) is 0 Å². The highest BCUT2D eigenvalue weighted by Crippen LogP contribution is 2.08. The second-order valence-corrected chi connectivity index (χ2v) is 3.88. The van der Waals surface area contributed by atoms with Crippen molar-refractivity contribution in [3.8, 4) is 0 Å². The molecule has 14 heavy (non-hydrogen) atoms. The smallest absolute Gasteiger partial charge is 0.121 e. The van der Waals surface area contributed by atoms with Crippen LogP contribution in [0.25, 0.3) is 0 Å². The Kier molecular flexibility index (Phi) is 3.03. The molecule has 0 aliphatic carbocycles. The van der Waals surface area contributed by atoms with Gasteiger partial charge in [0.2, 0.25) is 0 Å². The van der Waals surface area contributed by atoms with E-state index in [1.54, 1.807) is 6.20 Å². The molecule has 4 heteroatoms. The first kappa shape index (κ1) is 9.52. The Morgan fingerprint density at radius 2 is 2.07 bits per heavy atom. The monoisotopic (exact) mass is 194 g/mol. The number of likely N-dealkylation sites (tertiary alicyclic amines) is 1. The lowest BCUT2D eigenvalue weighted by Crippen LogP contribution is -2.21. The van der Waals surface area contributed by atoms with Crippen molar-refractivity contribution < 1.29 is 0 Å². The lowest BCUT2D eigenvalue weighted by molar-refractivity contribution is 0.322. The largest absolute Gasteiger partial charge is 0.384 e. The fraction of sp³-hybridized carbons (Fsp3) is 0.700. The standard InChI is InChI=1S/C10H18N4/c11-10-4-5-12-14(10)9-3-8-13-6-1-2-7-13/h4-5H,1-3,6-9,11H2. The van der Waals surface area contributed by atoms with Gasteiger partial charge in [-0.05, 0) is 45.0 Å². The molecule has 1 aromatic rings. The fourth-order valence-electron chi connectivity index (χ4n) is 1.98. The van der Waals surface area contributed by atoms with E-state index in [9.17, 15) is 0 Å². The van der Waals surface area contributed by atoms with Gasteiger partial charge in [-0.1, -0.05) is 0 Å². The van der Waals surface area contributed by atoms with Crippen LogP contribution in [-0.4, -0.2) is 34.3 Å². The Morgan fingerprint density at radius 1 is 1.29 bits per heavy atom. The number of nitrogens with two attached hydrogens (primary N) is 1. The van der Waals surface area contributed by atoms with Crippen molar-refractivity contribution in [1.82, 2.24) is 14.7 Å². The van der Waals surface area contributed by atoms with Crippen molar-refractivity contribution in [1.29, 1.82) is 0 Å². The highest BCUT2D eigenvalue weighted by Gasteiger charge is 2.10. The molecular formula is C10H18N4. The van der Waals surface area contributed by atoms with E-state index in [4.69, 9.17) is 5.73 Å². The molecule has 0 atom stereocenters. The van der Waals surface area contributed by atoms with Crippen LogP contribution >= 0.6 is 0 Å². The van der Waals surface area contributed by atoms with E-state index in [-0.39, 0.29) is 0 Å². The third kappa shape index (κ3) is 2.26. The molecule has 0 amide bonds. The average molecular weight is 194 g/mol. The first-order chi connectivity index (χ1) is 6.86. The Morgan fingerprint density at radius 3 is 2.71 bits per heavy atom. The van der Waals surface area contributed by atoms with Crippen molar-refractivity contribution in [2.75, 3.05) is 25.4 Å². The molecule has 0 spiro atoms. The molecule has 0 radical (unpaired) electrons. The molecule has 1 aliphatic rings. The molecule has 1 aliphatic heterocycles. The zero-order valence-corrected chi connectivity index (χ0v) is 8.52. The predicted octanol–water partition coefficient (Wildman–Crippen LogP) is 0.951. The third-order valence-corrected chi connectivity index (χ3v) is 2.79. The molecule has 4 nitrogen and oxygen atoms in total. The number of hydrogen-bond acceptors (Lipinski definition) is 3. The Labute approximate surface area is 84.7 Å². The molecule has 78 valence electrons. The van der Waals surface area contributed by atoms with Crippen LogP contribution in [0.5, 0.6) is 0 Å². The molecule has 2 heterocycles. The minimum absolute atomic E-state index is 0.770. The summed E-state index contributed by atoms with van der Waals surface area (Å²) in [6.07, 6.45) is 5.63. The lowest BCUT2D eigenvalue weighted by Gasteiger charge is -2.14. The molecule has 2 N–H and O–H groups in total. The molecular weight excluding hydrogens is 176 g/mol. The minimum atomic E-state index is 0.770. The Balaban J connectivity index is 1.70. The van der Waals surface area contributed by atoms with Crippen LogP contribution in [-0.2, 0) is 6.54 Å². The summed E-state index contributed by atoms with van der Waals surface area (Å²) >= 11 is 0. The molecule has 0 saturated carbocycles. The molecule has 0 bridgehead atoms. The van der Waals surface area contributed by atoms with Crippen molar-refractivity contribution in [2.24, 2.45) is 0 Å². The predicted molar refractivity (Wildman–Crippen MR) is 56.9 cm³/mol. The fourth-order valence-corrected chi connectivity index (χ4v) is 1.98. The van der Waals surface area contributed by atoms with E-state index in [2.05, 4.69) is 10.00 Å². The number of rotatable bonds is 4. The van der Waals surface area contributed by atoms with Gasteiger partial charge in [-0.3, -0.25) is 4.68 Å². The van der Waals surface area contributed by atoms with E-state index in [1.165, 1.54) is 32.5 Å². The number of anilines is 1. The number of aromatic nitrogens is 2. The van der Waals surface area contributed by atoms with Gasteiger partial charge < -0.3 is 10.6 Å². The summed E-state index contributed by atoms with van der Waals surface area (Å²) in [5.41, 5.74) is 5.72. The quantitative estimate of drug-likeness (QED) is 0.776. The maximum atomic E-state index is 5.72. The SMILES string of the molecule is Nc1ccnn1CCCN1CCCC1. The Bertz CT molecular complexity index is 275. The summed E-state index contributed by atoms with van der Waals surface area (Å²) in [6, 6.07) is 1.84. The molecule has 1 saturated heterocycles. The van der Waals surface area contributed by atoms with Crippen LogP contribution in [0.15, 0.2) is 12.3 Å². The van der Waals surface area contributed by atoms with Crippen LogP contribution < -0.4 is 5.73 Å². The van der Waals surface area contributed by atoms with E-state index in [0.717, 1.165) is 18.8 Å². The number of nitrogens with zero attached hydrogens (tertiary/aromatic N) is 3. The van der Waals surface area contributed by atoms with Gasteiger partial charge in [0.15, 0.2) is 0 Å². The molecule has 0 aromatic carbocycles. The van der Waals surface area contributed by atoms with Crippen molar-refractivity contribution in [3.63, 3.8) is 0 Å². The maximum absolute atomic E-state index is 5.72. The summed E-state index contributed by atoms with van der Waals surface area (Å²) in [5.74, 6) is 0.770. The van der Waals surface area contributed by atoms with Crippen LogP contribution in [0, 0.1) is 0 Å². The normalized spacial score (nSPS) is 17.7. The summed E-state index contributed by atoms with van der Waals surface area (Å²) < 4.78 is 1.87. The molecule has 0 unspecified atom stereocenters. The summed E-state index contributed by atoms with van der Waals surface area (Å²) in [4.78, 5) is 2.51. The number of aryl methyl sites for hydroxylation is 1. The molecule has 1 fully saturated rings. The van der Waals surface area contributed by atoms with Crippen molar-refractivity contribution in [2.45, 2.75) is 25.8 Å². The zero-order valence-electron chi connectivity index (χ0n) is 8.52. The maximum Gasteiger partial charge on any atom is 0.121 e. The van der Waals surface area contributed by atoms with Gasteiger partial charge in [0.25, 0.3) is 0 Å². The Hall–Kier alpha value is -1.03. The lowest BCUT2D eigenvalue weighted by atomic mass is 10.4. The van der Waals surface area contributed by atoms with E-state index < -0.39 is 0 Å².